The summed E-state index contributed by atoms with van der Waals surface area (Å²) < 4.78 is 0. The molecular formula is C14H13NO. The predicted octanol–water partition coefficient (Wildman–Crippen LogP) is 2.76. The predicted molar refractivity (Wildman–Crippen MR) is 62.7 cm³/mol. The van der Waals surface area contributed by atoms with Gasteiger partial charge < -0.3 is 4.90 Å². The van der Waals surface area contributed by atoms with Gasteiger partial charge in [-0.3, -0.25) is 4.79 Å². The smallest absolute Gasteiger partial charge is 0.227 e. The zero-order valence-corrected chi connectivity index (χ0v) is 8.97. The minimum atomic E-state index is 0.147. The van der Waals surface area contributed by atoms with Gasteiger partial charge in [-0.2, -0.15) is 0 Å². The lowest BCUT2D eigenvalue weighted by molar-refractivity contribution is -0.132. The Morgan fingerprint density at radius 2 is 1.81 bits per heavy atom. The van der Waals surface area contributed by atoms with Gasteiger partial charge in [0.2, 0.25) is 5.91 Å². The second-order valence-corrected chi connectivity index (χ2v) is 4.20. The average molecular weight is 211 g/mol. The van der Waals surface area contributed by atoms with E-state index in [0.717, 1.165) is 0 Å². The molecule has 2 bridgehead atoms. The molecule has 3 rings (SSSR count). The third-order valence-corrected chi connectivity index (χ3v) is 3.32. The molecule has 80 valence electrons. The molecule has 2 heteroatoms. The number of carbonyl (C=O) groups is 1. The zero-order chi connectivity index (χ0) is 11.1. The van der Waals surface area contributed by atoms with Crippen molar-refractivity contribution in [2.75, 3.05) is 0 Å². The van der Waals surface area contributed by atoms with E-state index in [1.165, 1.54) is 11.1 Å². The summed E-state index contributed by atoms with van der Waals surface area (Å²) in [6, 6.07) is 8.57. The van der Waals surface area contributed by atoms with Crippen LogP contribution in [0.1, 0.15) is 29.6 Å². The molecule has 0 aromatic heterocycles. The lowest BCUT2D eigenvalue weighted by atomic mass is 9.97. The van der Waals surface area contributed by atoms with Crippen LogP contribution in [0.4, 0.5) is 0 Å². The standard InChI is InChI=1S/C14H13NO/c1-2-5-14(16)15-12-8-9-13(15)11-7-4-3-6-10(11)12/h2-4,6-9,12-13H,1,5H2/t12-,13+. The van der Waals surface area contributed by atoms with E-state index in [4.69, 9.17) is 0 Å². The second-order valence-electron chi connectivity index (χ2n) is 4.20. The lowest BCUT2D eigenvalue weighted by Gasteiger charge is -2.22. The molecule has 1 aromatic carbocycles. The molecule has 2 atom stereocenters. The number of benzene rings is 1. The fraction of sp³-hybridized carbons (Fsp3) is 0.214. The van der Waals surface area contributed by atoms with E-state index in [2.05, 4.69) is 30.9 Å². The van der Waals surface area contributed by atoms with Gasteiger partial charge in [0.15, 0.2) is 0 Å². The number of fused-ring (bicyclic) bond motifs is 5. The normalized spacial score (nSPS) is 24.6. The van der Waals surface area contributed by atoms with Crippen LogP contribution < -0.4 is 0 Å². The van der Waals surface area contributed by atoms with Crippen molar-refractivity contribution in [3.05, 3.63) is 60.2 Å². The van der Waals surface area contributed by atoms with E-state index in [1.807, 2.05) is 17.0 Å². The van der Waals surface area contributed by atoms with Crippen LogP contribution in [0.2, 0.25) is 0 Å². The van der Waals surface area contributed by atoms with Crippen LogP contribution in [-0.2, 0) is 4.79 Å². The molecule has 0 saturated carbocycles. The van der Waals surface area contributed by atoms with Gasteiger partial charge in [0, 0.05) is 6.42 Å². The summed E-state index contributed by atoms with van der Waals surface area (Å²) in [7, 11) is 0. The van der Waals surface area contributed by atoms with Crippen LogP contribution in [0, 0.1) is 0 Å². The van der Waals surface area contributed by atoms with Crippen molar-refractivity contribution in [3.8, 4) is 0 Å². The fourth-order valence-corrected chi connectivity index (χ4v) is 2.66. The summed E-state index contributed by atoms with van der Waals surface area (Å²) in [6.07, 6.45) is 6.33. The lowest BCUT2D eigenvalue weighted by Crippen LogP contribution is -2.27. The van der Waals surface area contributed by atoms with Gasteiger partial charge in [-0.05, 0) is 11.1 Å². The molecule has 1 aromatic rings. The first-order chi connectivity index (χ1) is 7.83. The molecule has 2 nitrogen and oxygen atoms in total. The average Bonchev–Trinajstić information content (AvgIpc) is 2.86. The van der Waals surface area contributed by atoms with E-state index in [1.54, 1.807) is 6.08 Å². The van der Waals surface area contributed by atoms with Gasteiger partial charge >= 0.3 is 0 Å². The Bertz CT molecular complexity index is 456. The Morgan fingerprint density at radius 3 is 2.31 bits per heavy atom. The van der Waals surface area contributed by atoms with E-state index < -0.39 is 0 Å². The highest BCUT2D eigenvalue weighted by Gasteiger charge is 2.41. The van der Waals surface area contributed by atoms with Gasteiger partial charge in [-0.1, -0.05) is 42.5 Å². The summed E-state index contributed by atoms with van der Waals surface area (Å²) in [5.74, 6) is 0.159. The molecule has 0 saturated heterocycles. The monoisotopic (exact) mass is 211 g/mol. The minimum Gasteiger partial charge on any atom is -0.321 e. The van der Waals surface area contributed by atoms with Crippen LogP contribution in [0.25, 0.3) is 0 Å². The SMILES string of the molecule is C=CCC(=O)N1[C@@H]2C=C[C@H]1c1ccccc12. The summed E-state index contributed by atoms with van der Waals surface area (Å²) in [4.78, 5) is 13.9. The van der Waals surface area contributed by atoms with Crippen molar-refractivity contribution >= 4 is 5.91 Å². The van der Waals surface area contributed by atoms with Gasteiger partial charge in [-0.25, -0.2) is 0 Å². The first kappa shape index (κ1) is 9.40. The topological polar surface area (TPSA) is 20.3 Å². The first-order valence-corrected chi connectivity index (χ1v) is 5.52. The molecule has 0 radical (unpaired) electrons. The Kier molecular flexibility index (Phi) is 1.96. The number of nitrogens with zero attached hydrogens (tertiary/aromatic N) is 1. The van der Waals surface area contributed by atoms with Crippen LogP contribution in [0.15, 0.2) is 49.1 Å². The molecule has 0 aliphatic carbocycles. The molecular weight excluding hydrogens is 198 g/mol. The van der Waals surface area contributed by atoms with Gasteiger partial charge in [-0.15, -0.1) is 6.58 Å². The Morgan fingerprint density at radius 1 is 1.25 bits per heavy atom. The summed E-state index contributed by atoms with van der Waals surface area (Å²) in [5, 5.41) is 0. The molecule has 2 aliphatic rings. The van der Waals surface area contributed by atoms with Crippen LogP contribution in [0.5, 0.6) is 0 Å². The van der Waals surface area contributed by atoms with E-state index in [9.17, 15) is 4.79 Å². The molecule has 16 heavy (non-hydrogen) atoms. The first-order valence-electron chi connectivity index (χ1n) is 5.52. The summed E-state index contributed by atoms with van der Waals surface area (Å²) in [5.41, 5.74) is 2.54. The van der Waals surface area contributed by atoms with Crippen molar-refractivity contribution in [1.29, 1.82) is 0 Å². The number of hydrogen-bond donors (Lipinski definition) is 0. The Labute approximate surface area is 94.9 Å². The molecule has 0 spiro atoms. The van der Waals surface area contributed by atoms with E-state index >= 15 is 0 Å². The third-order valence-electron chi connectivity index (χ3n) is 3.32. The summed E-state index contributed by atoms with van der Waals surface area (Å²) in [6.45, 7) is 3.62. The van der Waals surface area contributed by atoms with Crippen molar-refractivity contribution < 1.29 is 4.79 Å². The molecule has 2 heterocycles. The molecule has 0 N–H and O–H groups in total. The van der Waals surface area contributed by atoms with Crippen molar-refractivity contribution in [2.24, 2.45) is 0 Å². The number of amides is 1. The van der Waals surface area contributed by atoms with Crippen molar-refractivity contribution in [2.45, 2.75) is 18.5 Å². The molecule has 2 aliphatic heterocycles. The maximum atomic E-state index is 12.0. The van der Waals surface area contributed by atoms with Crippen molar-refractivity contribution in [1.82, 2.24) is 4.90 Å². The molecule has 1 amide bonds. The number of carbonyl (C=O) groups excluding carboxylic acids is 1. The highest BCUT2D eigenvalue weighted by Crippen LogP contribution is 2.48. The maximum Gasteiger partial charge on any atom is 0.227 e. The number of rotatable bonds is 2. The van der Waals surface area contributed by atoms with Gasteiger partial charge in [0.05, 0.1) is 12.1 Å². The molecule has 0 fully saturated rings. The van der Waals surface area contributed by atoms with E-state index in [-0.39, 0.29) is 18.0 Å². The molecule has 0 unspecified atom stereocenters. The van der Waals surface area contributed by atoms with Crippen LogP contribution in [-0.4, -0.2) is 10.8 Å². The minimum absolute atomic E-state index is 0.147. The largest absolute Gasteiger partial charge is 0.321 e. The second kappa shape index (κ2) is 3.34. The van der Waals surface area contributed by atoms with Crippen LogP contribution >= 0.6 is 0 Å². The highest BCUT2D eigenvalue weighted by atomic mass is 16.2. The number of hydrogen-bond acceptors (Lipinski definition) is 1. The quantitative estimate of drug-likeness (QED) is 0.689. The maximum absolute atomic E-state index is 12.0. The van der Waals surface area contributed by atoms with E-state index in [0.29, 0.717) is 6.42 Å². The third kappa shape index (κ3) is 1.10. The fourth-order valence-electron chi connectivity index (χ4n) is 2.66. The van der Waals surface area contributed by atoms with Gasteiger partial charge in [0.1, 0.15) is 0 Å². The van der Waals surface area contributed by atoms with Gasteiger partial charge in [0.25, 0.3) is 0 Å². The summed E-state index contributed by atoms with van der Waals surface area (Å²) >= 11 is 0. The Hall–Kier alpha value is -1.83. The Balaban J connectivity index is 1.99. The van der Waals surface area contributed by atoms with Crippen molar-refractivity contribution in [3.63, 3.8) is 0 Å². The zero-order valence-electron chi connectivity index (χ0n) is 8.97. The van der Waals surface area contributed by atoms with Crippen LogP contribution in [0.3, 0.4) is 0 Å². The highest BCUT2D eigenvalue weighted by molar-refractivity contribution is 5.81.